The summed E-state index contributed by atoms with van der Waals surface area (Å²) in [6.07, 6.45) is 7.34. The molecule has 2 nitrogen and oxygen atoms in total. The zero-order valence-corrected chi connectivity index (χ0v) is 13.3. The average Bonchev–Trinajstić information content (AvgIpc) is 3.03. The van der Waals surface area contributed by atoms with Crippen molar-refractivity contribution in [3.05, 3.63) is 0 Å². The highest BCUT2D eigenvalue weighted by Gasteiger charge is 2.45. The molecule has 6 atom stereocenters. The van der Waals surface area contributed by atoms with E-state index in [9.17, 15) is 0 Å². The van der Waals surface area contributed by atoms with E-state index < -0.39 is 0 Å². The number of fused-ring (bicyclic) bond motifs is 2. The molecule has 3 rings (SSSR count). The Balaban J connectivity index is 1.69. The van der Waals surface area contributed by atoms with E-state index in [-0.39, 0.29) is 0 Å². The summed E-state index contributed by atoms with van der Waals surface area (Å²) >= 11 is 0. The lowest BCUT2D eigenvalue weighted by molar-refractivity contribution is 0.0239. The summed E-state index contributed by atoms with van der Waals surface area (Å²) in [6, 6.07) is 1.49. The topological polar surface area (TPSA) is 15.3 Å². The third-order valence-electron chi connectivity index (χ3n) is 6.64. The summed E-state index contributed by atoms with van der Waals surface area (Å²) in [5, 5.41) is 3.76. The maximum absolute atomic E-state index is 3.76. The summed E-state index contributed by atoms with van der Waals surface area (Å²) in [5.41, 5.74) is 0.332. The van der Waals surface area contributed by atoms with Crippen molar-refractivity contribution in [2.24, 2.45) is 17.8 Å². The van der Waals surface area contributed by atoms with Gasteiger partial charge in [0.1, 0.15) is 0 Å². The fourth-order valence-corrected chi connectivity index (χ4v) is 5.04. The molecule has 3 fully saturated rings. The Morgan fingerprint density at radius 3 is 2.68 bits per heavy atom. The molecule has 2 heteroatoms. The van der Waals surface area contributed by atoms with Crippen molar-refractivity contribution in [3.8, 4) is 0 Å². The van der Waals surface area contributed by atoms with Crippen LogP contribution in [0.3, 0.4) is 0 Å². The van der Waals surface area contributed by atoms with E-state index in [1.165, 1.54) is 32.2 Å². The molecule has 2 saturated carbocycles. The van der Waals surface area contributed by atoms with E-state index in [1.54, 1.807) is 6.42 Å². The maximum Gasteiger partial charge on any atom is 0.0278 e. The smallest absolute Gasteiger partial charge is 0.0278 e. The van der Waals surface area contributed by atoms with Crippen LogP contribution in [0.2, 0.25) is 0 Å². The van der Waals surface area contributed by atoms with E-state index in [0.29, 0.717) is 11.6 Å². The van der Waals surface area contributed by atoms with E-state index in [2.05, 4.69) is 37.9 Å². The van der Waals surface area contributed by atoms with Crippen molar-refractivity contribution in [1.29, 1.82) is 0 Å². The molecule has 19 heavy (non-hydrogen) atoms. The van der Waals surface area contributed by atoms with Gasteiger partial charge in [0.05, 0.1) is 0 Å². The van der Waals surface area contributed by atoms with Crippen LogP contribution in [-0.4, -0.2) is 35.6 Å². The Bertz CT molecular complexity index is 329. The molecule has 2 bridgehead atoms. The highest BCUT2D eigenvalue weighted by molar-refractivity contribution is 5.00. The van der Waals surface area contributed by atoms with Gasteiger partial charge in [0, 0.05) is 30.7 Å². The summed E-state index contributed by atoms with van der Waals surface area (Å²) in [4.78, 5) is 2.82. The molecule has 1 saturated heterocycles. The van der Waals surface area contributed by atoms with Gasteiger partial charge in [-0.3, -0.25) is 4.90 Å². The largest absolute Gasteiger partial charge is 0.309 e. The second kappa shape index (κ2) is 5.04. The summed E-state index contributed by atoms with van der Waals surface area (Å²) < 4.78 is 0. The molecule has 0 aromatic heterocycles. The van der Waals surface area contributed by atoms with Gasteiger partial charge in [0.2, 0.25) is 0 Å². The molecule has 1 N–H and O–H groups in total. The third-order valence-corrected chi connectivity index (χ3v) is 6.64. The number of piperazine rings is 1. The van der Waals surface area contributed by atoms with Gasteiger partial charge >= 0.3 is 0 Å². The van der Waals surface area contributed by atoms with Crippen molar-refractivity contribution < 1.29 is 0 Å². The number of nitrogens with one attached hydrogen (secondary N) is 1. The number of nitrogens with zero attached hydrogens (tertiary/aromatic N) is 1. The minimum absolute atomic E-state index is 0.332. The summed E-state index contributed by atoms with van der Waals surface area (Å²) in [7, 11) is 0. The first-order valence-electron chi connectivity index (χ1n) is 8.53. The second-order valence-corrected chi connectivity index (χ2v) is 7.90. The lowest BCUT2D eigenvalue weighted by Crippen LogP contribution is -2.64. The van der Waals surface area contributed by atoms with Crippen LogP contribution in [0.15, 0.2) is 0 Å². The monoisotopic (exact) mass is 264 g/mol. The Labute approximate surface area is 119 Å². The number of rotatable bonds is 3. The quantitative estimate of drug-likeness (QED) is 0.841. The Morgan fingerprint density at radius 1 is 1.32 bits per heavy atom. The highest BCUT2D eigenvalue weighted by atomic mass is 15.3. The van der Waals surface area contributed by atoms with Gasteiger partial charge in [-0.25, -0.2) is 0 Å². The molecule has 1 aliphatic heterocycles. The van der Waals surface area contributed by atoms with Crippen molar-refractivity contribution >= 4 is 0 Å². The van der Waals surface area contributed by atoms with E-state index in [4.69, 9.17) is 0 Å². The van der Waals surface area contributed by atoms with Gasteiger partial charge in [-0.1, -0.05) is 13.3 Å². The first-order valence-corrected chi connectivity index (χ1v) is 8.53. The predicted molar refractivity (Wildman–Crippen MR) is 81.3 cm³/mol. The Morgan fingerprint density at radius 2 is 2.11 bits per heavy atom. The van der Waals surface area contributed by atoms with Crippen molar-refractivity contribution in [2.45, 2.75) is 77.4 Å². The lowest BCUT2D eigenvalue weighted by atomic mass is 9.81. The van der Waals surface area contributed by atoms with Gasteiger partial charge in [0.25, 0.3) is 0 Å². The molecule has 1 heterocycles. The predicted octanol–water partition coefficient (Wildman–Crippen LogP) is 3.27. The number of hydrogen-bond acceptors (Lipinski definition) is 2. The highest BCUT2D eigenvalue weighted by Crippen LogP contribution is 2.50. The normalized spacial score (nSPS) is 48.6. The van der Waals surface area contributed by atoms with Crippen LogP contribution >= 0.6 is 0 Å². The van der Waals surface area contributed by atoms with Crippen LogP contribution in [-0.2, 0) is 0 Å². The molecule has 0 amide bonds. The molecule has 0 aromatic carbocycles. The molecule has 6 unspecified atom stereocenters. The van der Waals surface area contributed by atoms with Gasteiger partial charge in [-0.05, 0) is 64.2 Å². The second-order valence-electron chi connectivity index (χ2n) is 7.90. The van der Waals surface area contributed by atoms with Crippen LogP contribution < -0.4 is 5.32 Å². The average molecular weight is 264 g/mol. The van der Waals surface area contributed by atoms with Gasteiger partial charge < -0.3 is 5.32 Å². The Kier molecular flexibility index (Phi) is 3.68. The Hall–Kier alpha value is -0.0800. The molecule has 3 aliphatic rings. The van der Waals surface area contributed by atoms with Gasteiger partial charge in [-0.15, -0.1) is 0 Å². The lowest BCUT2D eigenvalue weighted by Gasteiger charge is -2.49. The van der Waals surface area contributed by atoms with Crippen LogP contribution in [0.4, 0.5) is 0 Å². The molecule has 2 aliphatic carbocycles. The van der Waals surface area contributed by atoms with Crippen molar-refractivity contribution in [3.63, 3.8) is 0 Å². The molecule has 0 spiro atoms. The van der Waals surface area contributed by atoms with Crippen LogP contribution in [0.5, 0.6) is 0 Å². The number of hydrogen-bond donors (Lipinski definition) is 1. The fraction of sp³-hybridized carbons (Fsp3) is 1.00. The van der Waals surface area contributed by atoms with Crippen LogP contribution in [0.25, 0.3) is 0 Å². The van der Waals surface area contributed by atoms with E-state index >= 15 is 0 Å². The standard InChI is InChI=1S/C17H32N2/c1-5-17(4)11-19(12(2)10-18-17)13(3)16-9-14-6-7-15(16)8-14/h12-16,18H,5-11H2,1-4H3. The summed E-state index contributed by atoms with van der Waals surface area (Å²) in [6.45, 7) is 12.0. The first kappa shape index (κ1) is 13.9. The van der Waals surface area contributed by atoms with Gasteiger partial charge in [-0.2, -0.15) is 0 Å². The third kappa shape index (κ3) is 2.47. The van der Waals surface area contributed by atoms with E-state index in [1.807, 2.05) is 0 Å². The minimum atomic E-state index is 0.332. The zero-order chi connectivity index (χ0) is 13.6. The van der Waals surface area contributed by atoms with E-state index in [0.717, 1.165) is 30.3 Å². The molecular formula is C17H32N2. The summed E-state index contributed by atoms with van der Waals surface area (Å²) in [5.74, 6) is 3.11. The minimum Gasteiger partial charge on any atom is -0.309 e. The molecule has 0 radical (unpaired) electrons. The van der Waals surface area contributed by atoms with Crippen LogP contribution in [0.1, 0.15) is 59.8 Å². The van der Waals surface area contributed by atoms with Crippen molar-refractivity contribution in [2.75, 3.05) is 13.1 Å². The van der Waals surface area contributed by atoms with Gasteiger partial charge in [0.15, 0.2) is 0 Å². The van der Waals surface area contributed by atoms with Crippen LogP contribution in [0, 0.1) is 17.8 Å². The maximum atomic E-state index is 3.76. The fourth-order valence-electron chi connectivity index (χ4n) is 5.04. The molecular weight excluding hydrogens is 232 g/mol. The zero-order valence-electron chi connectivity index (χ0n) is 13.3. The van der Waals surface area contributed by atoms with Crippen molar-refractivity contribution in [1.82, 2.24) is 10.2 Å². The SMILES string of the molecule is CCC1(C)CN(C(C)C2CC3CCC2C3)C(C)CN1. The molecule has 110 valence electrons. The molecule has 0 aromatic rings. The first-order chi connectivity index (χ1) is 9.02.